The molecule has 12 nitrogen and oxygen atoms in total. The summed E-state index contributed by atoms with van der Waals surface area (Å²) in [5, 5.41) is 3.89. The summed E-state index contributed by atoms with van der Waals surface area (Å²) in [5.41, 5.74) is 0.827. The van der Waals surface area contributed by atoms with Crippen molar-refractivity contribution in [3.63, 3.8) is 0 Å². The lowest BCUT2D eigenvalue weighted by Crippen LogP contribution is -2.59. The van der Waals surface area contributed by atoms with Crippen LogP contribution in [0.15, 0.2) is 53.5 Å². The lowest BCUT2D eigenvalue weighted by Gasteiger charge is -2.43. The Bertz CT molecular complexity index is 1330. The van der Waals surface area contributed by atoms with E-state index in [4.69, 9.17) is 38.2 Å². The van der Waals surface area contributed by atoms with Gasteiger partial charge in [-0.25, -0.2) is 4.79 Å². The molecule has 258 valence electrons. The third kappa shape index (κ3) is 10.6. The molecule has 1 fully saturated rings. The number of carbonyl (C=O) groups is 2. The number of methoxy groups -OCH3 is 3. The standard InChI is InChI=1S/C34H47N3O9S/c1-34(2,3)46-33(39)37(4)32-36-28-30(44-21-23-12-16-25(41-6)17-13-23)29(43-20-22-10-14-24(40-5)15-11-22)26(45-31(28)47-32)19-35-18-8-9-27(38)42-7/h10-17,26,28-31,35H,8-9,18-21H2,1-7H3/t26-,28-,29-,30-,31-/m1/s1. The van der Waals surface area contributed by atoms with Gasteiger partial charge in [0.1, 0.15) is 46.9 Å². The van der Waals surface area contributed by atoms with Crippen LogP contribution in [0.25, 0.3) is 0 Å². The third-order valence-corrected chi connectivity index (χ3v) is 8.77. The summed E-state index contributed by atoms with van der Waals surface area (Å²) in [6.45, 7) is 7.10. The first-order valence-corrected chi connectivity index (χ1v) is 16.5. The Morgan fingerprint density at radius 2 is 1.49 bits per heavy atom. The molecule has 2 aromatic rings. The van der Waals surface area contributed by atoms with E-state index in [2.05, 4.69) is 5.32 Å². The second kappa shape index (κ2) is 17.2. The fourth-order valence-electron chi connectivity index (χ4n) is 5.05. The van der Waals surface area contributed by atoms with Crippen molar-refractivity contribution < 1.29 is 42.7 Å². The Morgan fingerprint density at radius 1 is 0.915 bits per heavy atom. The minimum atomic E-state index is -0.659. The van der Waals surface area contributed by atoms with E-state index in [1.165, 1.54) is 23.8 Å². The highest BCUT2D eigenvalue weighted by molar-refractivity contribution is 8.14. The molecular formula is C34H47N3O9S. The van der Waals surface area contributed by atoms with Gasteiger partial charge in [-0.3, -0.25) is 14.7 Å². The highest BCUT2D eigenvalue weighted by Gasteiger charge is 2.51. The highest BCUT2D eigenvalue weighted by atomic mass is 32.2. The van der Waals surface area contributed by atoms with E-state index in [0.29, 0.717) is 44.3 Å². The molecule has 0 radical (unpaired) electrons. The van der Waals surface area contributed by atoms with Gasteiger partial charge in [-0.1, -0.05) is 36.0 Å². The molecule has 5 atom stereocenters. The molecule has 2 aliphatic rings. The molecule has 0 spiro atoms. The average Bonchev–Trinajstić information content (AvgIpc) is 3.49. The number of nitrogens with one attached hydrogen (secondary N) is 1. The van der Waals surface area contributed by atoms with Gasteiger partial charge in [-0.05, 0) is 69.1 Å². The summed E-state index contributed by atoms with van der Waals surface area (Å²) in [5.74, 6) is 1.26. The number of nitrogens with zero attached hydrogens (tertiary/aromatic N) is 2. The van der Waals surface area contributed by atoms with Crippen LogP contribution in [0.2, 0.25) is 0 Å². The molecule has 2 heterocycles. The van der Waals surface area contributed by atoms with Gasteiger partial charge in [0, 0.05) is 20.0 Å². The van der Waals surface area contributed by atoms with Crippen molar-refractivity contribution >= 4 is 29.0 Å². The summed E-state index contributed by atoms with van der Waals surface area (Å²) in [6, 6.07) is 14.9. The van der Waals surface area contributed by atoms with Gasteiger partial charge in [-0.2, -0.15) is 0 Å². The zero-order valence-corrected chi connectivity index (χ0v) is 29.0. The summed E-state index contributed by atoms with van der Waals surface area (Å²) in [7, 11) is 6.28. The Morgan fingerprint density at radius 3 is 2.02 bits per heavy atom. The molecule has 1 amide bonds. The van der Waals surface area contributed by atoms with Gasteiger partial charge in [0.05, 0.1) is 34.5 Å². The van der Waals surface area contributed by atoms with Crippen LogP contribution < -0.4 is 14.8 Å². The molecular weight excluding hydrogens is 626 g/mol. The summed E-state index contributed by atoms with van der Waals surface area (Å²) in [6.07, 6.45) is -1.05. The van der Waals surface area contributed by atoms with Crippen molar-refractivity contribution in [1.82, 2.24) is 10.2 Å². The number of fused-ring (bicyclic) bond motifs is 1. The number of rotatable bonds is 14. The number of thioether (sulfide) groups is 1. The van der Waals surface area contributed by atoms with E-state index in [0.717, 1.165) is 22.6 Å². The van der Waals surface area contributed by atoms with Gasteiger partial charge in [0.15, 0.2) is 5.17 Å². The second-order valence-electron chi connectivity index (χ2n) is 12.2. The smallest absolute Gasteiger partial charge is 0.416 e. The summed E-state index contributed by atoms with van der Waals surface area (Å²) < 4.78 is 40.9. The molecule has 0 bridgehead atoms. The average molecular weight is 674 g/mol. The number of amides is 1. The first kappa shape index (κ1) is 36.5. The van der Waals surface area contributed by atoms with Gasteiger partial charge in [0.25, 0.3) is 0 Å². The van der Waals surface area contributed by atoms with Crippen molar-refractivity contribution in [2.24, 2.45) is 4.99 Å². The van der Waals surface area contributed by atoms with Gasteiger partial charge in [-0.15, -0.1) is 0 Å². The van der Waals surface area contributed by atoms with Crippen LogP contribution in [0.4, 0.5) is 4.79 Å². The van der Waals surface area contributed by atoms with Crippen molar-refractivity contribution in [3.05, 3.63) is 59.7 Å². The predicted octanol–water partition coefficient (Wildman–Crippen LogP) is 4.78. The van der Waals surface area contributed by atoms with Crippen LogP contribution in [0.3, 0.4) is 0 Å². The number of esters is 1. The maximum absolute atomic E-state index is 13.0. The third-order valence-electron chi connectivity index (χ3n) is 7.56. The van der Waals surface area contributed by atoms with Crippen molar-refractivity contribution in [2.45, 2.75) is 82.2 Å². The number of ether oxygens (including phenoxy) is 7. The first-order valence-electron chi connectivity index (χ1n) is 15.6. The van der Waals surface area contributed by atoms with Crippen LogP contribution in [0.1, 0.15) is 44.7 Å². The van der Waals surface area contributed by atoms with E-state index in [-0.39, 0.29) is 5.97 Å². The van der Waals surface area contributed by atoms with Gasteiger partial charge >= 0.3 is 12.1 Å². The SMILES string of the molecule is COC(=O)CCCNC[C@H]1O[C@@H]2SC(N(C)C(=O)OC(C)(C)C)=N[C@@H]2[C@@H](OCc2ccc(OC)cc2)[C@@H]1OCc1ccc(OC)cc1. The molecule has 0 aromatic heterocycles. The Labute approximate surface area is 281 Å². The fraction of sp³-hybridized carbons (Fsp3) is 0.559. The minimum Gasteiger partial charge on any atom is -0.497 e. The number of benzene rings is 2. The minimum absolute atomic E-state index is 0.252. The molecule has 2 aromatic carbocycles. The molecule has 47 heavy (non-hydrogen) atoms. The van der Waals surface area contributed by atoms with Crippen LogP contribution in [0.5, 0.6) is 11.5 Å². The molecule has 0 unspecified atom stereocenters. The zero-order valence-electron chi connectivity index (χ0n) is 28.2. The second-order valence-corrected chi connectivity index (χ2v) is 13.3. The summed E-state index contributed by atoms with van der Waals surface area (Å²) >= 11 is 1.36. The van der Waals surface area contributed by atoms with Crippen LogP contribution in [-0.4, -0.2) is 99.0 Å². The monoisotopic (exact) mass is 673 g/mol. The largest absolute Gasteiger partial charge is 0.497 e. The Kier molecular flexibility index (Phi) is 13.3. The number of hydrogen-bond donors (Lipinski definition) is 1. The van der Waals surface area contributed by atoms with Crippen molar-refractivity contribution in [3.8, 4) is 11.5 Å². The molecule has 1 saturated heterocycles. The van der Waals surface area contributed by atoms with E-state index >= 15 is 0 Å². The van der Waals surface area contributed by atoms with E-state index in [1.54, 1.807) is 21.3 Å². The van der Waals surface area contributed by atoms with Crippen LogP contribution >= 0.6 is 11.8 Å². The predicted molar refractivity (Wildman–Crippen MR) is 179 cm³/mol. The quantitative estimate of drug-likeness (QED) is 0.220. The molecule has 1 N–H and O–H groups in total. The normalized spacial score (nSPS) is 22.2. The Balaban J connectivity index is 1.59. The molecule has 0 aliphatic carbocycles. The number of hydrogen-bond acceptors (Lipinski definition) is 12. The topological polar surface area (TPSA) is 126 Å². The molecule has 13 heteroatoms. The van der Waals surface area contributed by atoms with E-state index in [9.17, 15) is 9.59 Å². The van der Waals surface area contributed by atoms with E-state index in [1.807, 2.05) is 69.3 Å². The van der Waals surface area contributed by atoms with Crippen LogP contribution in [-0.2, 0) is 41.7 Å². The van der Waals surface area contributed by atoms with Crippen molar-refractivity contribution in [1.29, 1.82) is 0 Å². The number of carbonyl (C=O) groups excluding carboxylic acids is 2. The van der Waals surface area contributed by atoms with Crippen LogP contribution in [0, 0.1) is 0 Å². The zero-order chi connectivity index (χ0) is 34.0. The maximum Gasteiger partial charge on any atom is 0.416 e. The molecule has 0 saturated carbocycles. The van der Waals surface area contributed by atoms with Gasteiger partial charge < -0.3 is 38.5 Å². The van der Waals surface area contributed by atoms with Gasteiger partial charge in [0.2, 0.25) is 0 Å². The number of amidine groups is 1. The summed E-state index contributed by atoms with van der Waals surface area (Å²) in [4.78, 5) is 30.9. The molecule has 4 rings (SSSR count). The van der Waals surface area contributed by atoms with E-state index < -0.39 is 41.5 Å². The first-order chi connectivity index (χ1) is 22.5. The highest BCUT2D eigenvalue weighted by Crippen LogP contribution is 2.40. The lowest BCUT2D eigenvalue weighted by atomic mass is 9.97. The number of aliphatic imine (C=N–C) groups is 1. The molecule has 2 aliphatic heterocycles. The Hall–Kier alpha value is -3.36. The fourth-order valence-corrected chi connectivity index (χ4v) is 6.23. The van der Waals surface area contributed by atoms with Crippen molar-refractivity contribution in [2.75, 3.05) is 41.5 Å². The maximum atomic E-state index is 13.0. The lowest BCUT2D eigenvalue weighted by molar-refractivity contribution is -0.196.